The molecule has 0 aliphatic carbocycles. The summed E-state index contributed by atoms with van der Waals surface area (Å²) in [5.74, 6) is 1.16. The van der Waals surface area contributed by atoms with Crippen molar-refractivity contribution in [3.63, 3.8) is 0 Å². The summed E-state index contributed by atoms with van der Waals surface area (Å²) in [4.78, 5) is 0. The van der Waals surface area contributed by atoms with Crippen LogP contribution in [0.25, 0.3) is 11.5 Å². The van der Waals surface area contributed by atoms with Crippen LogP contribution in [-0.2, 0) is 6.54 Å². The number of benzene rings is 2. The van der Waals surface area contributed by atoms with E-state index in [2.05, 4.69) is 41.5 Å². The average Bonchev–Trinajstić information content (AvgIpc) is 3.03. The third-order valence-corrected chi connectivity index (χ3v) is 3.62. The molecule has 0 radical (unpaired) electrons. The van der Waals surface area contributed by atoms with Crippen molar-refractivity contribution < 1.29 is 4.42 Å². The van der Waals surface area contributed by atoms with Crippen LogP contribution in [0.4, 0.5) is 0 Å². The minimum atomic E-state index is 0.232. The van der Waals surface area contributed by atoms with Crippen molar-refractivity contribution in [2.45, 2.75) is 26.4 Å². The predicted octanol–water partition coefficient (Wildman–Crippen LogP) is 3.90. The van der Waals surface area contributed by atoms with E-state index in [0.29, 0.717) is 18.3 Å². The van der Waals surface area contributed by atoms with Crippen molar-refractivity contribution in [1.29, 1.82) is 0 Å². The third-order valence-electron chi connectivity index (χ3n) is 3.62. The molecule has 1 atom stereocenters. The molecule has 1 heterocycles. The molecule has 1 unspecified atom stereocenters. The van der Waals surface area contributed by atoms with Gasteiger partial charge in [-0.05, 0) is 31.5 Å². The largest absolute Gasteiger partial charge is 0.419 e. The summed E-state index contributed by atoms with van der Waals surface area (Å²) >= 11 is 0. The fraction of sp³-hybridized carbons (Fsp3) is 0.222. The van der Waals surface area contributed by atoms with Crippen LogP contribution in [0.3, 0.4) is 0 Å². The Morgan fingerprint density at radius 1 is 1.00 bits per heavy atom. The lowest BCUT2D eigenvalue weighted by Crippen LogP contribution is -2.18. The number of aryl methyl sites for hydroxylation is 1. The van der Waals surface area contributed by atoms with Gasteiger partial charge in [0, 0.05) is 11.6 Å². The summed E-state index contributed by atoms with van der Waals surface area (Å²) in [5.41, 5.74) is 3.39. The quantitative estimate of drug-likeness (QED) is 0.775. The van der Waals surface area contributed by atoms with E-state index in [1.165, 1.54) is 11.1 Å². The molecule has 22 heavy (non-hydrogen) atoms. The van der Waals surface area contributed by atoms with Gasteiger partial charge in [-0.25, -0.2) is 0 Å². The molecule has 0 fully saturated rings. The summed E-state index contributed by atoms with van der Waals surface area (Å²) in [5, 5.41) is 11.6. The van der Waals surface area contributed by atoms with Crippen LogP contribution in [0.15, 0.2) is 59.0 Å². The SMILES string of the molecule is Cc1ccc(-c2nnc(CNC(C)c3ccccc3)o2)cc1. The van der Waals surface area contributed by atoms with Crippen LogP contribution < -0.4 is 5.32 Å². The molecule has 2 aromatic carbocycles. The highest BCUT2D eigenvalue weighted by Crippen LogP contribution is 2.18. The molecule has 0 saturated heterocycles. The Hall–Kier alpha value is -2.46. The van der Waals surface area contributed by atoms with Crippen molar-refractivity contribution in [2.24, 2.45) is 0 Å². The second-order valence-corrected chi connectivity index (χ2v) is 5.38. The normalized spacial score (nSPS) is 12.3. The summed E-state index contributed by atoms with van der Waals surface area (Å²) in [7, 11) is 0. The number of rotatable bonds is 5. The second-order valence-electron chi connectivity index (χ2n) is 5.38. The second kappa shape index (κ2) is 6.54. The van der Waals surface area contributed by atoms with E-state index in [4.69, 9.17) is 4.42 Å². The third kappa shape index (κ3) is 3.40. The first kappa shape index (κ1) is 14.5. The van der Waals surface area contributed by atoms with Crippen LogP contribution in [0.2, 0.25) is 0 Å². The van der Waals surface area contributed by atoms with E-state index in [9.17, 15) is 0 Å². The Kier molecular flexibility index (Phi) is 4.30. The Labute approximate surface area is 130 Å². The van der Waals surface area contributed by atoms with Gasteiger partial charge in [-0.15, -0.1) is 10.2 Å². The van der Waals surface area contributed by atoms with Crippen LogP contribution in [0.5, 0.6) is 0 Å². The zero-order chi connectivity index (χ0) is 15.4. The fourth-order valence-electron chi connectivity index (χ4n) is 2.24. The lowest BCUT2D eigenvalue weighted by molar-refractivity contribution is 0.454. The highest BCUT2D eigenvalue weighted by Gasteiger charge is 2.10. The van der Waals surface area contributed by atoms with Crippen LogP contribution in [-0.4, -0.2) is 10.2 Å². The Morgan fingerprint density at radius 2 is 1.73 bits per heavy atom. The van der Waals surface area contributed by atoms with Gasteiger partial charge in [0.25, 0.3) is 0 Å². The van der Waals surface area contributed by atoms with Gasteiger partial charge in [-0.2, -0.15) is 0 Å². The zero-order valence-corrected chi connectivity index (χ0v) is 12.8. The molecule has 1 N–H and O–H groups in total. The van der Waals surface area contributed by atoms with Gasteiger partial charge in [-0.1, -0.05) is 48.0 Å². The molecule has 0 aliphatic rings. The van der Waals surface area contributed by atoms with Gasteiger partial charge in [-0.3, -0.25) is 0 Å². The van der Waals surface area contributed by atoms with Gasteiger partial charge in [0.1, 0.15) is 0 Å². The van der Waals surface area contributed by atoms with E-state index >= 15 is 0 Å². The van der Waals surface area contributed by atoms with Gasteiger partial charge >= 0.3 is 0 Å². The number of aromatic nitrogens is 2. The Balaban J connectivity index is 1.63. The molecule has 4 heteroatoms. The summed E-state index contributed by atoms with van der Waals surface area (Å²) in [6, 6.07) is 18.6. The maximum absolute atomic E-state index is 5.71. The molecule has 0 saturated carbocycles. The summed E-state index contributed by atoms with van der Waals surface area (Å²) in [6.07, 6.45) is 0. The topological polar surface area (TPSA) is 51.0 Å². The van der Waals surface area contributed by atoms with E-state index in [1.54, 1.807) is 0 Å². The predicted molar refractivity (Wildman–Crippen MR) is 86.2 cm³/mol. The van der Waals surface area contributed by atoms with Gasteiger partial charge < -0.3 is 9.73 Å². The average molecular weight is 293 g/mol. The van der Waals surface area contributed by atoms with E-state index in [1.807, 2.05) is 42.5 Å². The molecule has 0 aliphatic heterocycles. The molecule has 4 nitrogen and oxygen atoms in total. The van der Waals surface area contributed by atoms with E-state index in [-0.39, 0.29) is 6.04 Å². The fourth-order valence-corrected chi connectivity index (χ4v) is 2.24. The monoisotopic (exact) mass is 293 g/mol. The molecular weight excluding hydrogens is 274 g/mol. The summed E-state index contributed by atoms with van der Waals surface area (Å²) in [6.45, 7) is 4.72. The van der Waals surface area contributed by atoms with Crippen molar-refractivity contribution >= 4 is 0 Å². The standard InChI is InChI=1S/C18H19N3O/c1-13-8-10-16(11-9-13)18-21-20-17(22-18)12-19-14(2)15-6-4-3-5-7-15/h3-11,14,19H,12H2,1-2H3. The smallest absolute Gasteiger partial charge is 0.247 e. The highest BCUT2D eigenvalue weighted by atomic mass is 16.4. The first-order valence-electron chi connectivity index (χ1n) is 7.40. The van der Waals surface area contributed by atoms with Crippen LogP contribution >= 0.6 is 0 Å². The zero-order valence-electron chi connectivity index (χ0n) is 12.8. The maximum atomic E-state index is 5.71. The number of nitrogens with zero attached hydrogens (tertiary/aromatic N) is 2. The first-order valence-corrected chi connectivity index (χ1v) is 7.40. The highest BCUT2D eigenvalue weighted by molar-refractivity contribution is 5.52. The Bertz CT molecular complexity index is 720. The lowest BCUT2D eigenvalue weighted by Gasteiger charge is -2.12. The van der Waals surface area contributed by atoms with Crippen molar-refractivity contribution in [2.75, 3.05) is 0 Å². The molecular formula is C18H19N3O. The van der Waals surface area contributed by atoms with Gasteiger partial charge in [0.2, 0.25) is 11.8 Å². The summed E-state index contributed by atoms with van der Waals surface area (Å²) < 4.78 is 5.71. The number of nitrogens with one attached hydrogen (secondary N) is 1. The lowest BCUT2D eigenvalue weighted by atomic mass is 10.1. The van der Waals surface area contributed by atoms with E-state index in [0.717, 1.165) is 5.56 Å². The van der Waals surface area contributed by atoms with Crippen molar-refractivity contribution in [3.05, 3.63) is 71.6 Å². The van der Waals surface area contributed by atoms with Gasteiger partial charge in [0.15, 0.2) is 0 Å². The first-order chi connectivity index (χ1) is 10.7. The van der Waals surface area contributed by atoms with Crippen molar-refractivity contribution in [3.8, 4) is 11.5 Å². The maximum Gasteiger partial charge on any atom is 0.247 e. The minimum Gasteiger partial charge on any atom is -0.419 e. The molecule has 1 aromatic heterocycles. The van der Waals surface area contributed by atoms with E-state index < -0.39 is 0 Å². The molecule has 112 valence electrons. The Morgan fingerprint density at radius 3 is 2.45 bits per heavy atom. The molecule has 0 amide bonds. The minimum absolute atomic E-state index is 0.232. The number of hydrogen-bond donors (Lipinski definition) is 1. The van der Waals surface area contributed by atoms with Crippen LogP contribution in [0, 0.1) is 6.92 Å². The molecule has 3 rings (SSSR count). The number of hydrogen-bond acceptors (Lipinski definition) is 4. The molecule has 3 aromatic rings. The molecule has 0 spiro atoms. The molecule has 0 bridgehead atoms. The van der Waals surface area contributed by atoms with Crippen LogP contribution in [0.1, 0.15) is 30.0 Å². The van der Waals surface area contributed by atoms with Crippen molar-refractivity contribution in [1.82, 2.24) is 15.5 Å². The van der Waals surface area contributed by atoms with Gasteiger partial charge in [0.05, 0.1) is 6.54 Å².